The first-order valence-electron chi connectivity index (χ1n) is 6.34. The predicted octanol–water partition coefficient (Wildman–Crippen LogP) is 4.13. The van der Waals surface area contributed by atoms with Crippen molar-refractivity contribution >= 4 is 15.9 Å². The topological polar surface area (TPSA) is 24.9 Å². The molecule has 1 aromatic carbocycles. The Labute approximate surface area is 125 Å². The van der Waals surface area contributed by atoms with E-state index < -0.39 is 17.7 Å². The number of nitrogens with one attached hydrogen (secondary N) is 1. The molecule has 0 bridgehead atoms. The van der Waals surface area contributed by atoms with Gasteiger partial charge in [-0.3, -0.25) is 4.98 Å². The molecule has 0 aliphatic carbocycles. The van der Waals surface area contributed by atoms with Crippen molar-refractivity contribution in [2.24, 2.45) is 0 Å². The molecule has 0 saturated heterocycles. The van der Waals surface area contributed by atoms with Crippen LogP contribution in [0.1, 0.15) is 29.8 Å². The summed E-state index contributed by atoms with van der Waals surface area (Å²) in [5, 5.41) is 3.09. The van der Waals surface area contributed by atoms with Crippen molar-refractivity contribution in [3.63, 3.8) is 0 Å². The quantitative estimate of drug-likeness (QED) is 0.905. The number of nitrogens with zero attached hydrogens (tertiary/aromatic N) is 1. The second-order valence-electron chi connectivity index (χ2n) is 4.45. The highest BCUT2D eigenvalue weighted by molar-refractivity contribution is 9.10. The number of hydrogen-bond donors (Lipinski definition) is 1. The highest BCUT2D eigenvalue weighted by atomic mass is 79.9. The van der Waals surface area contributed by atoms with Gasteiger partial charge in [0.25, 0.3) is 0 Å². The molecule has 1 unspecified atom stereocenters. The SMILES string of the molecule is CCNC(c1ncccc1Br)c1c(F)ccc(C)c1F. The maximum Gasteiger partial charge on any atom is 0.134 e. The van der Waals surface area contributed by atoms with Gasteiger partial charge in [-0.05, 0) is 53.2 Å². The highest BCUT2D eigenvalue weighted by Crippen LogP contribution is 2.31. The molecule has 0 aliphatic heterocycles. The Hall–Kier alpha value is -1.33. The smallest absolute Gasteiger partial charge is 0.134 e. The number of halogens is 3. The summed E-state index contributed by atoms with van der Waals surface area (Å²) in [6.45, 7) is 4.07. The lowest BCUT2D eigenvalue weighted by Crippen LogP contribution is -2.25. The van der Waals surface area contributed by atoms with Gasteiger partial charge in [-0.15, -0.1) is 0 Å². The van der Waals surface area contributed by atoms with E-state index in [4.69, 9.17) is 0 Å². The van der Waals surface area contributed by atoms with Crippen LogP contribution in [-0.4, -0.2) is 11.5 Å². The zero-order valence-corrected chi connectivity index (χ0v) is 12.8. The van der Waals surface area contributed by atoms with Gasteiger partial charge in [-0.1, -0.05) is 13.0 Å². The van der Waals surface area contributed by atoms with E-state index in [1.165, 1.54) is 12.1 Å². The Morgan fingerprint density at radius 2 is 2.05 bits per heavy atom. The van der Waals surface area contributed by atoms with E-state index in [9.17, 15) is 8.78 Å². The third kappa shape index (κ3) is 2.88. The van der Waals surface area contributed by atoms with Gasteiger partial charge in [0.2, 0.25) is 0 Å². The normalized spacial score (nSPS) is 12.4. The maximum absolute atomic E-state index is 14.3. The van der Waals surface area contributed by atoms with Crippen LogP contribution in [0.5, 0.6) is 0 Å². The summed E-state index contributed by atoms with van der Waals surface area (Å²) in [6.07, 6.45) is 1.61. The fourth-order valence-electron chi connectivity index (χ4n) is 2.09. The Morgan fingerprint density at radius 3 is 2.70 bits per heavy atom. The molecule has 0 saturated carbocycles. The molecule has 2 aromatic rings. The van der Waals surface area contributed by atoms with Gasteiger partial charge < -0.3 is 5.32 Å². The molecule has 106 valence electrons. The molecule has 1 atom stereocenters. The molecule has 2 nitrogen and oxygen atoms in total. The number of aromatic nitrogens is 1. The molecule has 0 spiro atoms. The molecule has 0 aliphatic rings. The van der Waals surface area contributed by atoms with Crippen molar-refractivity contribution < 1.29 is 8.78 Å². The first-order chi connectivity index (χ1) is 9.56. The van der Waals surface area contributed by atoms with E-state index in [-0.39, 0.29) is 5.56 Å². The Balaban J connectivity index is 2.61. The van der Waals surface area contributed by atoms with Crippen molar-refractivity contribution in [3.05, 3.63) is 63.4 Å². The molecule has 5 heteroatoms. The lowest BCUT2D eigenvalue weighted by Gasteiger charge is -2.21. The fraction of sp³-hybridized carbons (Fsp3) is 0.267. The predicted molar refractivity (Wildman–Crippen MR) is 78.6 cm³/mol. The van der Waals surface area contributed by atoms with Crippen molar-refractivity contribution in [3.8, 4) is 0 Å². The molecule has 20 heavy (non-hydrogen) atoms. The molecule has 0 amide bonds. The van der Waals surface area contributed by atoms with E-state index in [0.29, 0.717) is 22.3 Å². The first kappa shape index (κ1) is 15.1. The van der Waals surface area contributed by atoms with Gasteiger partial charge in [0, 0.05) is 16.2 Å². The van der Waals surface area contributed by atoms with E-state index in [1.54, 1.807) is 25.3 Å². The van der Waals surface area contributed by atoms with Crippen LogP contribution in [0.25, 0.3) is 0 Å². The monoisotopic (exact) mass is 340 g/mol. The molecule has 2 rings (SSSR count). The summed E-state index contributed by atoms with van der Waals surface area (Å²) in [7, 11) is 0. The van der Waals surface area contributed by atoms with Gasteiger partial charge in [0.15, 0.2) is 0 Å². The summed E-state index contributed by atoms with van der Waals surface area (Å²) in [5.41, 5.74) is 0.986. The molecule has 1 heterocycles. The summed E-state index contributed by atoms with van der Waals surface area (Å²) in [6, 6.07) is 5.66. The first-order valence-corrected chi connectivity index (χ1v) is 7.13. The minimum Gasteiger partial charge on any atom is -0.305 e. The number of benzene rings is 1. The van der Waals surface area contributed by atoms with Gasteiger partial charge in [0.05, 0.1) is 11.7 Å². The van der Waals surface area contributed by atoms with Crippen LogP contribution >= 0.6 is 15.9 Å². The standard InChI is InChI=1S/C15H15BrF2N2/c1-3-19-15(14-10(16)5-4-8-20-14)12-11(17)7-6-9(2)13(12)18/h4-8,15,19H,3H2,1-2H3. The van der Waals surface area contributed by atoms with Crippen LogP contribution in [0.2, 0.25) is 0 Å². The highest BCUT2D eigenvalue weighted by Gasteiger charge is 2.25. The molecule has 1 aromatic heterocycles. The number of hydrogen-bond acceptors (Lipinski definition) is 2. The van der Waals surface area contributed by atoms with Crippen molar-refractivity contribution in [2.45, 2.75) is 19.9 Å². The maximum atomic E-state index is 14.3. The lowest BCUT2D eigenvalue weighted by atomic mass is 9.99. The second-order valence-corrected chi connectivity index (χ2v) is 5.31. The number of aryl methyl sites for hydroxylation is 1. The molecule has 1 N–H and O–H groups in total. The molecule has 0 fully saturated rings. The van der Waals surface area contributed by atoms with Crippen LogP contribution in [0.3, 0.4) is 0 Å². The second kappa shape index (κ2) is 6.41. The van der Waals surface area contributed by atoms with Crippen LogP contribution in [0.15, 0.2) is 34.9 Å². The number of rotatable bonds is 4. The van der Waals surface area contributed by atoms with Crippen LogP contribution in [-0.2, 0) is 0 Å². The van der Waals surface area contributed by atoms with Crippen LogP contribution in [0.4, 0.5) is 8.78 Å². The summed E-state index contributed by atoms with van der Waals surface area (Å²) < 4.78 is 29.1. The lowest BCUT2D eigenvalue weighted by molar-refractivity contribution is 0.500. The Morgan fingerprint density at radius 1 is 1.30 bits per heavy atom. The van der Waals surface area contributed by atoms with Gasteiger partial charge in [-0.2, -0.15) is 0 Å². The third-order valence-electron chi connectivity index (χ3n) is 3.08. The van der Waals surface area contributed by atoms with E-state index in [0.717, 1.165) is 0 Å². The van der Waals surface area contributed by atoms with Gasteiger partial charge in [0.1, 0.15) is 11.6 Å². The van der Waals surface area contributed by atoms with Gasteiger partial charge >= 0.3 is 0 Å². The van der Waals surface area contributed by atoms with Crippen LogP contribution in [0, 0.1) is 18.6 Å². The van der Waals surface area contributed by atoms with Gasteiger partial charge in [-0.25, -0.2) is 8.78 Å². The number of pyridine rings is 1. The zero-order valence-electron chi connectivity index (χ0n) is 11.3. The molecular formula is C15H15BrF2N2. The summed E-state index contributed by atoms with van der Waals surface area (Å²) >= 11 is 3.38. The zero-order chi connectivity index (χ0) is 14.7. The third-order valence-corrected chi connectivity index (χ3v) is 3.75. The van der Waals surface area contributed by atoms with E-state index in [1.807, 2.05) is 6.92 Å². The minimum atomic E-state index is -0.629. The summed E-state index contributed by atoms with van der Waals surface area (Å²) in [5.74, 6) is -1.11. The van der Waals surface area contributed by atoms with Crippen LogP contribution < -0.4 is 5.32 Å². The Kier molecular flexibility index (Phi) is 4.83. The molecular weight excluding hydrogens is 326 g/mol. The van der Waals surface area contributed by atoms with E-state index in [2.05, 4.69) is 26.2 Å². The summed E-state index contributed by atoms with van der Waals surface area (Å²) in [4.78, 5) is 4.24. The van der Waals surface area contributed by atoms with E-state index >= 15 is 0 Å². The molecule has 0 radical (unpaired) electrons. The average Bonchev–Trinajstić information content (AvgIpc) is 2.43. The van der Waals surface area contributed by atoms with Crippen molar-refractivity contribution in [1.29, 1.82) is 0 Å². The largest absolute Gasteiger partial charge is 0.305 e. The average molecular weight is 341 g/mol. The van der Waals surface area contributed by atoms with Crippen molar-refractivity contribution in [2.75, 3.05) is 6.54 Å². The fourth-order valence-corrected chi connectivity index (χ4v) is 2.58. The Bertz CT molecular complexity index is 617. The van der Waals surface area contributed by atoms with Crippen molar-refractivity contribution in [1.82, 2.24) is 10.3 Å². The minimum absolute atomic E-state index is 0.00579.